The molecule has 0 unspecified atom stereocenters. The minimum atomic E-state index is -0.101. The molecule has 1 aromatic carbocycles. The number of carbonyl (C=O) groups is 2. The molecule has 3 N–H and O–H groups in total. The maximum atomic E-state index is 12.1. The number of anilines is 4. The van der Waals surface area contributed by atoms with E-state index >= 15 is 0 Å². The summed E-state index contributed by atoms with van der Waals surface area (Å²) >= 11 is 0. The van der Waals surface area contributed by atoms with Crippen molar-refractivity contribution in [2.45, 2.75) is 33.6 Å². The molecule has 25 heavy (non-hydrogen) atoms. The lowest BCUT2D eigenvalue weighted by atomic mass is 10.0. The summed E-state index contributed by atoms with van der Waals surface area (Å²) in [6.07, 6.45) is 3.30. The summed E-state index contributed by atoms with van der Waals surface area (Å²) in [7, 11) is 0. The molecule has 1 aromatic heterocycles. The number of hydrogen-bond donors (Lipinski definition) is 3. The summed E-state index contributed by atoms with van der Waals surface area (Å²) in [5.41, 5.74) is 2.44. The van der Waals surface area contributed by atoms with Crippen LogP contribution in [-0.4, -0.2) is 16.8 Å². The van der Waals surface area contributed by atoms with E-state index in [0.29, 0.717) is 5.82 Å². The fourth-order valence-corrected chi connectivity index (χ4v) is 2.44. The Morgan fingerprint density at radius 3 is 2.04 bits per heavy atom. The monoisotopic (exact) mass is 340 g/mol. The number of carbonyl (C=O) groups excluding carboxylic acids is 2. The van der Waals surface area contributed by atoms with Crippen LogP contribution in [-0.2, 0) is 9.59 Å². The van der Waals surface area contributed by atoms with Crippen molar-refractivity contribution in [3.8, 4) is 0 Å². The molecule has 6 heteroatoms. The van der Waals surface area contributed by atoms with Crippen LogP contribution in [0.3, 0.4) is 0 Å². The van der Waals surface area contributed by atoms with Crippen molar-refractivity contribution in [3.63, 3.8) is 0 Å². The molecule has 0 aliphatic rings. The van der Waals surface area contributed by atoms with E-state index in [-0.39, 0.29) is 17.7 Å². The molecule has 0 atom stereocenters. The minimum Gasteiger partial charge on any atom is -0.354 e. The molecule has 0 saturated heterocycles. The van der Waals surface area contributed by atoms with Gasteiger partial charge in [0.05, 0.1) is 11.9 Å². The largest absolute Gasteiger partial charge is 0.354 e. The van der Waals surface area contributed by atoms with Gasteiger partial charge in [-0.1, -0.05) is 13.8 Å². The molecule has 6 nitrogen and oxygen atoms in total. The highest BCUT2D eigenvalue weighted by Crippen LogP contribution is 2.20. The Balaban J connectivity index is 1.96. The van der Waals surface area contributed by atoms with Gasteiger partial charge in [0.15, 0.2) is 0 Å². The summed E-state index contributed by atoms with van der Waals surface area (Å²) in [6, 6.07) is 11.0. The van der Waals surface area contributed by atoms with Crippen LogP contribution < -0.4 is 16.0 Å². The van der Waals surface area contributed by atoms with E-state index in [0.717, 1.165) is 29.9 Å². The van der Waals surface area contributed by atoms with E-state index < -0.39 is 0 Å². The Morgan fingerprint density at radius 2 is 1.52 bits per heavy atom. The van der Waals surface area contributed by atoms with Crippen LogP contribution in [0.15, 0.2) is 42.6 Å². The predicted molar refractivity (Wildman–Crippen MR) is 101 cm³/mol. The molecule has 2 amide bonds. The number of benzene rings is 1. The Kier molecular flexibility index (Phi) is 6.51. The van der Waals surface area contributed by atoms with Crippen LogP contribution in [0.1, 0.15) is 33.6 Å². The van der Waals surface area contributed by atoms with Crippen LogP contribution in [0.2, 0.25) is 0 Å². The fraction of sp³-hybridized carbons (Fsp3) is 0.316. The average molecular weight is 340 g/mol. The number of nitrogens with one attached hydrogen (secondary N) is 3. The van der Waals surface area contributed by atoms with Crippen LogP contribution in [0.5, 0.6) is 0 Å². The summed E-state index contributed by atoms with van der Waals surface area (Å²) in [4.78, 5) is 27.3. The van der Waals surface area contributed by atoms with Gasteiger partial charge in [-0.2, -0.15) is 0 Å². The summed E-state index contributed by atoms with van der Waals surface area (Å²) in [5, 5.41) is 8.79. The van der Waals surface area contributed by atoms with Gasteiger partial charge >= 0.3 is 0 Å². The zero-order valence-electron chi connectivity index (χ0n) is 14.8. The second-order valence-corrected chi connectivity index (χ2v) is 5.82. The lowest BCUT2D eigenvalue weighted by molar-refractivity contribution is -0.120. The lowest BCUT2D eigenvalue weighted by Gasteiger charge is -2.12. The normalized spacial score (nSPS) is 10.4. The van der Waals surface area contributed by atoms with Crippen molar-refractivity contribution in [1.29, 1.82) is 0 Å². The second-order valence-electron chi connectivity index (χ2n) is 5.82. The maximum Gasteiger partial charge on any atom is 0.228 e. The molecular weight excluding hydrogens is 316 g/mol. The zero-order chi connectivity index (χ0) is 18.2. The quantitative estimate of drug-likeness (QED) is 0.707. The van der Waals surface area contributed by atoms with E-state index in [1.807, 2.05) is 44.2 Å². The third kappa shape index (κ3) is 5.60. The van der Waals surface area contributed by atoms with Crippen LogP contribution in [0.4, 0.5) is 22.9 Å². The van der Waals surface area contributed by atoms with E-state index in [1.54, 1.807) is 12.3 Å². The number of rotatable bonds is 7. The Labute approximate surface area is 148 Å². The van der Waals surface area contributed by atoms with Gasteiger partial charge in [0.25, 0.3) is 0 Å². The van der Waals surface area contributed by atoms with Crippen molar-refractivity contribution in [1.82, 2.24) is 4.98 Å². The van der Waals surface area contributed by atoms with Crippen molar-refractivity contribution >= 4 is 34.7 Å². The molecule has 0 aliphatic heterocycles. The number of amides is 2. The first-order valence-corrected chi connectivity index (χ1v) is 8.43. The van der Waals surface area contributed by atoms with Gasteiger partial charge in [0.1, 0.15) is 5.82 Å². The lowest BCUT2D eigenvalue weighted by Crippen LogP contribution is -2.22. The molecule has 0 saturated carbocycles. The van der Waals surface area contributed by atoms with Crippen molar-refractivity contribution in [2.75, 3.05) is 16.0 Å². The van der Waals surface area contributed by atoms with Crippen molar-refractivity contribution in [2.24, 2.45) is 5.92 Å². The Bertz CT molecular complexity index is 707. The summed E-state index contributed by atoms with van der Waals surface area (Å²) < 4.78 is 0. The SMILES string of the molecule is CCC(CC)C(=O)Nc1ccc(Nc2ccc(NC(C)=O)cc2)cn1. The van der Waals surface area contributed by atoms with Crippen LogP contribution in [0.25, 0.3) is 0 Å². The predicted octanol–water partition coefficient (Wildman–Crippen LogP) is 4.16. The third-order valence-corrected chi connectivity index (χ3v) is 3.87. The topological polar surface area (TPSA) is 83.1 Å². The number of aromatic nitrogens is 1. The van der Waals surface area contributed by atoms with Gasteiger partial charge in [0.2, 0.25) is 11.8 Å². The molecule has 1 heterocycles. The molecule has 2 rings (SSSR count). The van der Waals surface area contributed by atoms with Crippen LogP contribution >= 0.6 is 0 Å². The number of pyridine rings is 1. The van der Waals surface area contributed by atoms with Gasteiger partial charge in [0, 0.05) is 24.2 Å². The Hall–Kier alpha value is -2.89. The Morgan fingerprint density at radius 1 is 0.920 bits per heavy atom. The van der Waals surface area contributed by atoms with Crippen molar-refractivity contribution in [3.05, 3.63) is 42.6 Å². The number of hydrogen-bond acceptors (Lipinski definition) is 4. The van der Waals surface area contributed by atoms with E-state index in [9.17, 15) is 9.59 Å². The maximum absolute atomic E-state index is 12.1. The highest BCUT2D eigenvalue weighted by atomic mass is 16.2. The van der Waals surface area contributed by atoms with Gasteiger partial charge in [-0.15, -0.1) is 0 Å². The standard InChI is InChI=1S/C19H24N4O2/c1-4-14(5-2)19(25)23-18-11-10-17(12-20-18)22-16-8-6-15(7-9-16)21-13(3)24/h6-12,14,22H,4-5H2,1-3H3,(H,21,24)(H,20,23,25). The molecule has 132 valence electrons. The molecule has 0 bridgehead atoms. The van der Waals surface area contributed by atoms with Gasteiger partial charge < -0.3 is 16.0 Å². The van der Waals surface area contributed by atoms with Crippen LogP contribution in [0, 0.1) is 5.92 Å². The second kappa shape index (κ2) is 8.82. The highest BCUT2D eigenvalue weighted by molar-refractivity contribution is 5.91. The number of nitrogens with zero attached hydrogens (tertiary/aromatic N) is 1. The fourth-order valence-electron chi connectivity index (χ4n) is 2.44. The van der Waals surface area contributed by atoms with E-state index in [2.05, 4.69) is 20.9 Å². The highest BCUT2D eigenvalue weighted by Gasteiger charge is 2.14. The molecule has 2 aromatic rings. The molecule has 0 spiro atoms. The van der Waals surface area contributed by atoms with E-state index in [4.69, 9.17) is 0 Å². The first-order chi connectivity index (χ1) is 12.0. The molecule has 0 aliphatic carbocycles. The van der Waals surface area contributed by atoms with Crippen molar-refractivity contribution < 1.29 is 9.59 Å². The van der Waals surface area contributed by atoms with Gasteiger partial charge in [-0.3, -0.25) is 9.59 Å². The minimum absolute atomic E-state index is 0.00627. The third-order valence-electron chi connectivity index (χ3n) is 3.87. The summed E-state index contributed by atoms with van der Waals surface area (Å²) in [6.45, 7) is 5.48. The average Bonchev–Trinajstić information content (AvgIpc) is 2.59. The first kappa shape index (κ1) is 18.4. The van der Waals surface area contributed by atoms with Gasteiger partial charge in [-0.05, 0) is 49.2 Å². The van der Waals surface area contributed by atoms with Gasteiger partial charge in [-0.25, -0.2) is 4.98 Å². The van der Waals surface area contributed by atoms with E-state index in [1.165, 1.54) is 6.92 Å². The molecular formula is C19H24N4O2. The smallest absolute Gasteiger partial charge is 0.228 e. The zero-order valence-corrected chi connectivity index (χ0v) is 14.8. The first-order valence-electron chi connectivity index (χ1n) is 8.43. The summed E-state index contributed by atoms with van der Waals surface area (Å²) in [5.74, 6) is 0.466. The molecule has 0 radical (unpaired) electrons. The molecule has 0 fully saturated rings.